The second kappa shape index (κ2) is 8.25. The molecule has 1 amide bonds. The van der Waals surface area contributed by atoms with Gasteiger partial charge in [0.1, 0.15) is 17.5 Å². The van der Waals surface area contributed by atoms with Crippen molar-refractivity contribution in [2.24, 2.45) is 7.05 Å². The summed E-state index contributed by atoms with van der Waals surface area (Å²) in [6.07, 6.45) is 1.36. The predicted octanol–water partition coefficient (Wildman–Crippen LogP) is -0.0795. The van der Waals surface area contributed by atoms with E-state index in [1.54, 1.807) is 27.8 Å². The highest BCUT2D eigenvalue weighted by atomic mass is 32.2. The van der Waals surface area contributed by atoms with Gasteiger partial charge in [0.2, 0.25) is 15.7 Å². The first-order valence-electron chi connectivity index (χ1n) is 9.57. The van der Waals surface area contributed by atoms with Gasteiger partial charge >= 0.3 is 0 Å². The van der Waals surface area contributed by atoms with E-state index in [9.17, 15) is 18.0 Å². The number of nitrogens with one attached hydrogen (secondary N) is 1. The van der Waals surface area contributed by atoms with E-state index in [2.05, 4.69) is 15.2 Å². The topological polar surface area (TPSA) is 118 Å². The van der Waals surface area contributed by atoms with Gasteiger partial charge in [0.15, 0.2) is 0 Å². The molecule has 29 heavy (non-hydrogen) atoms. The monoisotopic (exact) mass is 425 g/mol. The summed E-state index contributed by atoms with van der Waals surface area (Å²) in [6.45, 7) is 8.08. The van der Waals surface area contributed by atoms with Crippen LogP contribution in [0.4, 0.5) is 0 Å². The molecule has 0 saturated carbocycles. The van der Waals surface area contributed by atoms with Crippen molar-refractivity contribution in [3.05, 3.63) is 28.0 Å². The summed E-state index contributed by atoms with van der Waals surface area (Å²) in [5.74, 6) is -0.0341. The van der Waals surface area contributed by atoms with E-state index >= 15 is 0 Å². The number of carbonyl (C=O) groups is 1. The quantitative estimate of drug-likeness (QED) is 0.688. The van der Waals surface area contributed by atoms with E-state index in [-0.39, 0.29) is 28.1 Å². The molecule has 1 fully saturated rings. The molecule has 0 atom stereocenters. The molecule has 3 heterocycles. The molecule has 0 radical (unpaired) electrons. The number of piperazine rings is 1. The fourth-order valence-corrected chi connectivity index (χ4v) is 4.65. The van der Waals surface area contributed by atoms with Gasteiger partial charge in [0.05, 0.1) is 10.8 Å². The molecule has 160 valence electrons. The summed E-state index contributed by atoms with van der Waals surface area (Å²) in [7, 11) is -1.66. The Hall–Kier alpha value is -2.24. The maximum atomic E-state index is 12.7. The molecule has 0 bridgehead atoms. The Morgan fingerprint density at radius 3 is 2.55 bits per heavy atom. The standard InChI is InChI=1S/C18H27N5O5S/c1-12(2)29(26,27)23-9-7-22(8-10-23)6-5-19-16(24)14-13(3)28-17-15(14)18(25)21(4)11-20-17/h11-12H,5-10H2,1-4H3,(H,19,24). The number of hydrogen-bond acceptors (Lipinski definition) is 7. The summed E-state index contributed by atoms with van der Waals surface area (Å²) in [5.41, 5.74) is 0.0271. The number of aryl methyl sites for hydroxylation is 2. The zero-order chi connectivity index (χ0) is 21.3. The van der Waals surface area contributed by atoms with Gasteiger partial charge in [-0.2, -0.15) is 4.31 Å². The Labute approximate surface area is 169 Å². The Kier molecular flexibility index (Phi) is 6.11. The second-order valence-electron chi connectivity index (χ2n) is 7.46. The second-order valence-corrected chi connectivity index (χ2v) is 9.95. The summed E-state index contributed by atoms with van der Waals surface area (Å²) >= 11 is 0. The van der Waals surface area contributed by atoms with Crippen LogP contribution in [0, 0.1) is 6.92 Å². The first kappa shape index (κ1) is 21.5. The van der Waals surface area contributed by atoms with E-state index in [1.165, 1.54) is 15.2 Å². The molecule has 0 spiro atoms. The van der Waals surface area contributed by atoms with Crippen LogP contribution in [0.1, 0.15) is 30.0 Å². The maximum absolute atomic E-state index is 12.7. The van der Waals surface area contributed by atoms with Crippen LogP contribution in [0.3, 0.4) is 0 Å². The molecule has 2 aromatic rings. The van der Waals surface area contributed by atoms with Crippen LogP contribution in [-0.2, 0) is 17.1 Å². The highest BCUT2D eigenvalue weighted by molar-refractivity contribution is 7.89. The third kappa shape index (κ3) is 4.21. The third-order valence-electron chi connectivity index (χ3n) is 5.18. The van der Waals surface area contributed by atoms with Gasteiger partial charge in [-0.1, -0.05) is 0 Å². The molecule has 11 heteroatoms. The normalized spacial score (nSPS) is 16.6. The Bertz CT molecular complexity index is 1060. The summed E-state index contributed by atoms with van der Waals surface area (Å²) in [6, 6.07) is 0. The number of carbonyl (C=O) groups excluding carboxylic acids is 1. The molecule has 2 aromatic heterocycles. The number of aromatic nitrogens is 2. The van der Waals surface area contributed by atoms with Crippen LogP contribution in [-0.4, -0.2) is 77.6 Å². The zero-order valence-electron chi connectivity index (χ0n) is 17.1. The molecule has 0 aromatic carbocycles. The summed E-state index contributed by atoms with van der Waals surface area (Å²) in [4.78, 5) is 31.2. The van der Waals surface area contributed by atoms with Gasteiger partial charge in [-0.3, -0.25) is 14.5 Å². The van der Waals surface area contributed by atoms with Crippen LogP contribution in [0.2, 0.25) is 0 Å². The lowest BCUT2D eigenvalue weighted by atomic mass is 10.2. The highest BCUT2D eigenvalue weighted by Gasteiger charge is 2.29. The fourth-order valence-electron chi connectivity index (χ4n) is 3.38. The minimum atomic E-state index is -3.23. The van der Waals surface area contributed by atoms with Crippen molar-refractivity contribution in [2.75, 3.05) is 39.3 Å². The van der Waals surface area contributed by atoms with Crippen molar-refractivity contribution in [1.29, 1.82) is 0 Å². The van der Waals surface area contributed by atoms with Crippen LogP contribution in [0.5, 0.6) is 0 Å². The number of nitrogens with zero attached hydrogens (tertiary/aromatic N) is 4. The highest BCUT2D eigenvalue weighted by Crippen LogP contribution is 2.20. The van der Waals surface area contributed by atoms with Gasteiger partial charge in [-0.25, -0.2) is 13.4 Å². The lowest BCUT2D eigenvalue weighted by Gasteiger charge is -2.34. The number of sulfonamides is 1. The maximum Gasteiger partial charge on any atom is 0.265 e. The molecular weight excluding hydrogens is 398 g/mol. The van der Waals surface area contributed by atoms with Crippen molar-refractivity contribution in [1.82, 2.24) is 24.1 Å². The Balaban J connectivity index is 1.58. The van der Waals surface area contributed by atoms with Gasteiger partial charge in [-0.15, -0.1) is 0 Å². The molecule has 10 nitrogen and oxygen atoms in total. The van der Waals surface area contributed by atoms with E-state index in [4.69, 9.17) is 4.42 Å². The van der Waals surface area contributed by atoms with Crippen molar-refractivity contribution in [2.45, 2.75) is 26.0 Å². The Morgan fingerprint density at radius 2 is 1.93 bits per heavy atom. The van der Waals surface area contributed by atoms with Crippen LogP contribution in [0.25, 0.3) is 11.1 Å². The van der Waals surface area contributed by atoms with E-state index in [0.29, 0.717) is 45.0 Å². The third-order valence-corrected chi connectivity index (χ3v) is 7.45. The summed E-state index contributed by atoms with van der Waals surface area (Å²) < 4.78 is 32.7. The van der Waals surface area contributed by atoms with Gasteiger partial charge in [0, 0.05) is 46.3 Å². The van der Waals surface area contributed by atoms with Crippen molar-refractivity contribution < 1.29 is 17.6 Å². The van der Waals surface area contributed by atoms with E-state index < -0.39 is 15.3 Å². The molecule has 1 N–H and O–H groups in total. The molecule has 0 unspecified atom stereocenters. The molecule has 1 aliphatic heterocycles. The number of rotatable bonds is 6. The minimum absolute atomic E-state index is 0.151. The average Bonchev–Trinajstić information content (AvgIpc) is 3.02. The van der Waals surface area contributed by atoms with E-state index in [1.807, 2.05) is 0 Å². The van der Waals surface area contributed by atoms with Gasteiger partial charge < -0.3 is 14.3 Å². The smallest absolute Gasteiger partial charge is 0.265 e. The van der Waals surface area contributed by atoms with Crippen molar-refractivity contribution in [3.8, 4) is 0 Å². The first-order valence-corrected chi connectivity index (χ1v) is 11.1. The number of hydrogen-bond donors (Lipinski definition) is 1. The lowest BCUT2D eigenvalue weighted by Crippen LogP contribution is -2.51. The number of furan rings is 1. The molecular formula is C18H27N5O5S. The first-order chi connectivity index (χ1) is 13.6. The lowest BCUT2D eigenvalue weighted by molar-refractivity contribution is 0.0945. The van der Waals surface area contributed by atoms with Crippen molar-refractivity contribution >= 4 is 27.0 Å². The van der Waals surface area contributed by atoms with E-state index in [0.717, 1.165) is 0 Å². The number of fused-ring (bicyclic) bond motifs is 1. The molecule has 0 aliphatic carbocycles. The van der Waals surface area contributed by atoms with Gasteiger partial charge in [-0.05, 0) is 20.8 Å². The fraction of sp³-hybridized carbons (Fsp3) is 0.611. The molecule has 3 rings (SSSR count). The van der Waals surface area contributed by atoms with Crippen LogP contribution in [0.15, 0.2) is 15.5 Å². The number of amides is 1. The molecule has 1 saturated heterocycles. The largest absolute Gasteiger partial charge is 0.442 e. The zero-order valence-corrected chi connectivity index (χ0v) is 18.0. The van der Waals surface area contributed by atoms with Crippen molar-refractivity contribution in [3.63, 3.8) is 0 Å². The van der Waals surface area contributed by atoms with Crippen LogP contribution < -0.4 is 10.9 Å². The SMILES string of the molecule is Cc1oc2ncn(C)c(=O)c2c1C(=O)NCCN1CCN(S(=O)(=O)C(C)C)CC1. The minimum Gasteiger partial charge on any atom is -0.442 e. The van der Waals surface area contributed by atoms with Crippen LogP contribution >= 0.6 is 0 Å². The van der Waals surface area contributed by atoms with Gasteiger partial charge in [0.25, 0.3) is 11.5 Å². The Morgan fingerprint density at radius 1 is 1.28 bits per heavy atom. The average molecular weight is 426 g/mol. The summed E-state index contributed by atoms with van der Waals surface area (Å²) in [5, 5.41) is 2.57. The molecule has 1 aliphatic rings. The predicted molar refractivity (Wildman–Crippen MR) is 108 cm³/mol.